The smallest absolute Gasteiger partial charge is 0.204 e. The highest BCUT2D eigenvalue weighted by atomic mass is 79.9. The Morgan fingerprint density at radius 1 is 1.33 bits per heavy atom. The topological polar surface area (TPSA) is 38.7 Å². The van der Waals surface area contributed by atoms with E-state index in [1.165, 1.54) is 0 Å². The van der Waals surface area contributed by atoms with Crippen LogP contribution in [0.4, 0.5) is 0 Å². The first-order valence-electron chi connectivity index (χ1n) is 5.82. The fourth-order valence-electron chi connectivity index (χ4n) is 1.56. The van der Waals surface area contributed by atoms with Crippen molar-refractivity contribution >= 4 is 32.8 Å². The van der Waals surface area contributed by atoms with E-state index < -0.39 is 11.0 Å². The van der Waals surface area contributed by atoms with E-state index in [4.69, 9.17) is 4.74 Å². The van der Waals surface area contributed by atoms with Gasteiger partial charge in [0, 0.05) is 10.9 Å². The molecular weight excluding hydrogens is 314 g/mol. The first kappa shape index (κ1) is 13.7. The Morgan fingerprint density at radius 2 is 2.06 bits per heavy atom. The van der Waals surface area contributed by atoms with Crippen LogP contribution in [-0.2, 0) is 17.4 Å². The molecule has 5 heteroatoms. The number of hydrogen-bond acceptors (Lipinski definition) is 2. The van der Waals surface area contributed by atoms with Gasteiger partial charge in [-0.3, -0.25) is 0 Å². The molecule has 1 heterocycles. The lowest BCUT2D eigenvalue weighted by molar-refractivity contribution is 0.504. The number of hydrogen-bond donors (Lipinski definition) is 0. The predicted octanol–water partition coefficient (Wildman–Crippen LogP) is 3.63. The van der Waals surface area contributed by atoms with E-state index in [0.29, 0.717) is 12.3 Å². The Bertz CT molecular complexity index is 520. The number of aryl methyl sites for hydroxylation is 1. The third-order valence-corrected chi connectivity index (χ3v) is 4.48. The molecule has 1 aliphatic rings. The minimum atomic E-state index is -1.26. The molecular formula is C13H16BrNO2S. The molecule has 0 saturated heterocycles. The van der Waals surface area contributed by atoms with E-state index in [1.54, 1.807) is 0 Å². The molecule has 0 saturated carbocycles. The maximum absolute atomic E-state index is 11.9. The summed E-state index contributed by atoms with van der Waals surface area (Å²) >= 11 is 3.44. The van der Waals surface area contributed by atoms with Gasteiger partial charge in [-0.05, 0) is 51.0 Å². The molecule has 1 atom stereocenters. The van der Waals surface area contributed by atoms with Crippen LogP contribution < -0.4 is 4.74 Å². The molecule has 1 aromatic carbocycles. The fraction of sp³-hybridized carbons (Fsp3) is 0.462. The quantitative estimate of drug-likeness (QED) is 0.789. The van der Waals surface area contributed by atoms with Crippen molar-refractivity contribution in [1.82, 2.24) is 0 Å². The zero-order chi connectivity index (χ0) is 13.3. The minimum absolute atomic E-state index is 0.351. The summed E-state index contributed by atoms with van der Waals surface area (Å²) in [5.41, 5.74) is 1.16. The molecule has 0 N–H and O–H groups in total. The van der Waals surface area contributed by atoms with Gasteiger partial charge in [0.1, 0.15) is 16.7 Å². The highest BCUT2D eigenvalue weighted by molar-refractivity contribution is 9.10. The monoisotopic (exact) mass is 329 g/mol. The first-order chi connectivity index (χ1) is 8.36. The van der Waals surface area contributed by atoms with Gasteiger partial charge in [-0.25, -0.2) is 4.21 Å². The Kier molecular flexibility index (Phi) is 3.92. The second-order valence-corrected chi connectivity index (χ2v) is 8.02. The van der Waals surface area contributed by atoms with Crippen molar-refractivity contribution in [1.29, 1.82) is 0 Å². The number of halogens is 1. The molecule has 3 nitrogen and oxygen atoms in total. The maximum atomic E-state index is 11.9. The normalized spacial score (nSPS) is 19.2. The summed E-state index contributed by atoms with van der Waals surface area (Å²) in [4.78, 5) is 0. The molecule has 98 valence electrons. The van der Waals surface area contributed by atoms with Crippen LogP contribution >= 0.6 is 15.9 Å². The van der Waals surface area contributed by atoms with Gasteiger partial charge in [0.05, 0.1) is 4.75 Å². The van der Waals surface area contributed by atoms with E-state index >= 15 is 0 Å². The lowest BCUT2D eigenvalue weighted by atomic mass is 10.1. The SMILES string of the molecule is CC(C)(C)[S@@](=O)N=C1CCc2cc(Br)ccc2O1. The highest BCUT2D eigenvalue weighted by Gasteiger charge is 2.22. The Labute approximate surface area is 118 Å². The van der Waals surface area contributed by atoms with E-state index in [-0.39, 0.29) is 4.75 Å². The van der Waals surface area contributed by atoms with E-state index in [1.807, 2.05) is 39.0 Å². The zero-order valence-corrected chi connectivity index (χ0v) is 13.1. The third-order valence-electron chi connectivity index (χ3n) is 2.57. The third kappa shape index (κ3) is 3.20. The van der Waals surface area contributed by atoms with E-state index in [2.05, 4.69) is 20.3 Å². The Balaban J connectivity index is 2.20. The summed E-state index contributed by atoms with van der Waals surface area (Å²) in [6.07, 6.45) is 1.57. The minimum Gasteiger partial charge on any atom is -0.442 e. The molecule has 0 amide bonds. The molecule has 18 heavy (non-hydrogen) atoms. The molecule has 0 bridgehead atoms. The largest absolute Gasteiger partial charge is 0.442 e. The van der Waals surface area contributed by atoms with E-state index in [0.717, 1.165) is 22.2 Å². The van der Waals surface area contributed by atoms with Gasteiger partial charge in [0.25, 0.3) is 0 Å². The second-order valence-electron chi connectivity index (χ2n) is 5.20. The van der Waals surface area contributed by atoms with Crippen molar-refractivity contribution in [2.45, 2.75) is 38.4 Å². The van der Waals surface area contributed by atoms with Crippen molar-refractivity contribution in [2.75, 3.05) is 0 Å². The summed E-state index contributed by atoms with van der Waals surface area (Å²) in [7, 11) is -1.26. The van der Waals surface area contributed by atoms with Crippen LogP contribution in [0.25, 0.3) is 0 Å². The molecule has 1 aromatic rings. The van der Waals surface area contributed by atoms with Gasteiger partial charge in [-0.2, -0.15) is 4.40 Å². The Morgan fingerprint density at radius 3 is 2.72 bits per heavy atom. The Hall–Kier alpha value is -0.680. The van der Waals surface area contributed by atoms with Crippen LogP contribution in [0.15, 0.2) is 27.1 Å². The number of rotatable bonds is 1. The molecule has 0 radical (unpaired) electrons. The van der Waals surface area contributed by atoms with Gasteiger partial charge >= 0.3 is 0 Å². The molecule has 0 fully saturated rings. The van der Waals surface area contributed by atoms with Gasteiger partial charge in [0.15, 0.2) is 0 Å². The first-order valence-corrected chi connectivity index (χ1v) is 7.72. The lowest BCUT2D eigenvalue weighted by Crippen LogP contribution is -2.24. The second kappa shape index (κ2) is 5.13. The van der Waals surface area contributed by atoms with Gasteiger partial charge in [-0.1, -0.05) is 15.9 Å². The predicted molar refractivity (Wildman–Crippen MR) is 78.4 cm³/mol. The van der Waals surface area contributed by atoms with E-state index in [9.17, 15) is 4.21 Å². The zero-order valence-electron chi connectivity index (χ0n) is 10.7. The lowest BCUT2D eigenvalue weighted by Gasteiger charge is -2.20. The van der Waals surface area contributed by atoms with Crippen molar-refractivity contribution in [3.05, 3.63) is 28.2 Å². The molecule has 2 rings (SSSR count). The van der Waals surface area contributed by atoms with Crippen molar-refractivity contribution in [2.24, 2.45) is 4.40 Å². The number of nitrogens with zero attached hydrogens (tertiary/aromatic N) is 1. The summed E-state index contributed by atoms with van der Waals surface area (Å²) in [5.74, 6) is 1.38. The molecule has 0 aliphatic carbocycles. The maximum Gasteiger partial charge on any atom is 0.204 e. The highest BCUT2D eigenvalue weighted by Crippen LogP contribution is 2.29. The average molecular weight is 330 g/mol. The van der Waals surface area contributed by atoms with Crippen molar-refractivity contribution < 1.29 is 8.95 Å². The standard InChI is InChI=1S/C13H16BrNO2S/c1-13(2,3)18(16)15-12-7-4-9-8-10(14)5-6-11(9)17-12/h5-6,8H,4,7H2,1-3H3/t18-/m1/s1. The molecule has 0 unspecified atom stereocenters. The van der Waals surface area contributed by atoms with Crippen molar-refractivity contribution in [3.8, 4) is 5.75 Å². The van der Waals surface area contributed by atoms with Crippen LogP contribution in [0.5, 0.6) is 5.75 Å². The number of benzene rings is 1. The van der Waals surface area contributed by atoms with Crippen LogP contribution in [0, 0.1) is 0 Å². The summed E-state index contributed by atoms with van der Waals surface area (Å²) < 4.78 is 22.5. The molecule has 0 aromatic heterocycles. The van der Waals surface area contributed by atoms with Crippen LogP contribution in [0.1, 0.15) is 32.8 Å². The van der Waals surface area contributed by atoms with Crippen LogP contribution in [0.3, 0.4) is 0 Å². The number of fused-ring (bicyclic) bond motifs is 1. The molecule has 0 spiro atoms. The van der Waals surface area contributed by atoms with Crippen molar-refractivity contribution in [3.63, 3.8) is 0 Å². The van der Waals surface area contributed by atoms with Gasteiger partial charge < -0.3 is 4.74 Å². The fourth-order valence-corrected chi connectivity index (χ4v) is 2.55. The van der Waals surface area contributed by atoms with Gasteiger partial charge in [0.2, 0.25) is 5.90 Å². The van der Waals surface area contributed by atoms with Crippen LogP contribution in [0.2, 0.25) is 0 Å². The molecule has 1 aliphatic heterocycles. The number of ether oxygens (including phenoxy) is 1. The summed E-state index contributed by atoms with van der Waals surface area (Å²) in [6.45, 7) is 5.71. The van der Waals surface area contributed by atoms with Crippen LogP contribution in [-0.4, -0.2) is 14.9 Å². The summed E-state index contributed by atoms with van der Waals surface area (Å²) in [5, 5.41) is 0. The summed E-state index contributed by atoms with van der Waals surface area (Å²) in [6, 6.07) is 5.89. The average Bonchev–Trinajstić information content (AvgIpc) is 2.28. The van der Waals surface area contributed by atoms with Gasteiger partial charge in [-0.15, -0.1) is 0 Å².